The van der Waals surface area contributed by atoms with Gasteiger partial charge >= 0.3 is 5.97 Å². The molecule has 18 heavy (non-hydrogen) atoms. The van der Waals surface area contributed by atoms with Crippen molar-refractivity contribution in [2.24, 2.45) is 7.05 Å². The molecule has 0 aliphatic carbocycles. The number of carboxylic acid groups (broad SMARTS) is 1. The highest BCUT2D eigenvalue weighted by Crippen LogP contribution is 2.18. The molecule has 0 aliphatic rings. The number of rotatable bonds is 4. The van der Waals surface area contributed by atoms with Gasteiger partial charge in [0.25, 0.3) is 0 Å². The number of aromatic carboxylic acids is 1. The summed E-state index contributed by atoms with van der Waals surface area (Å²) in [5.41, 5.74) is 1.82. The number of aromatic nitrogens is 2. The third kappa shape index (κ3) is 2.36. The molecule has 0 radical (unpaired) electrons. The highest BCUT2D eigenvalue weighted by atomic mass is 16.4. The lowest BCUT2D eigenvalue weighted by atomic mass is 10.2. The maximum Gasteiger partial charge on any atom is 0.335 e. The molecule has 0 saturated heterocycles. The third-order valence-corrected chi connectivity index (χ3v) is 3.01. The molecule has 1 heterocycles. The molecule has 2 rings (SSSR count). The minimum atomic E-state index is -0.951. The molecule has 0 bridgehead atoms. The molecule has 5 heteroatoms. The fraction of sp³-hybridized carbons (Fsp3) is 0.385. The number of aliphatic hydroxyl groups excluding tert-OH is 1. The lowest BCUT2D eigenvalue weighted by Gasteiger charge is -2.04. The molecule has 1 aromatic heterocycles. The van der Waals surface area contributed by atoms with Crippen LogP contribution in [0.5, 0.6) is 0 Å². The van der Waals surface area contributed by atoms with Crippen molar-refractivity contribution >= 4 is 17.0 Å². The number of benzene rings is 1. The van der Waals surface area contributed by atoms with Crippen molar-refractivity contribution in [2.75, 3.05) is 0 Å². The van der Waals surface area contributed by atoms with Crippen molar-refractivity contribution in [1.29, 1.82) is 0 Å². The number of imidazole rings is 1. The Morgan fingerprint density at radius 3 is 2.83 bits per heavy atom. The van der Waals surface area contributed by atoms with Crippen LogP contribution in [0.15, 0.2) is 18.2 Å². The summed E-state index contributed by atoms with van der Waals surface area (Å²) in [6, 6.07) is 4.91. The molecule has 2 N–H and O–H groups in total. The lowest BCUT2D eigenvalue weighted by Crippen LogP contribution is -2.05. The second kappa shape index (κ2) is 4.78. The van der Waals surface area contributed by atoms with Crippen LogP contribution in [0.4, 0.5) is 0 Å². The monoisotopic (exact) mass is 248 g/mol. The summed E-state index contributed by atoms with van der Waals surface area (Å²) in [4.78, 5) is 15.3. The highest BCUT2D eigenvalue weighted by molar-refractivity contribution is 5.92. The summed E-state index contributed by atoms with van der Waals surface area (Å²) in [5.74, 6) is -0.0958. The van der Waals surface area contributed by atoms with E-state index in [1.807, 2.05) is 11.6 Å². The van der Waals surface area contributed by atoms with E-state index < -0.39 is 5.97 Å². The van der Waals surface area contributed by atoms with Crippen molar-refractivity contribution in [3.63, 3.8) is 0 Å². The number of carbonyl (C=O) groups is 1. The van der Waals surface area contributed by atoms with Crippen LogP contribution < -0.4 is 0 Å². The van der Waals surface area contributed by atoms with Gasteiger partial charge in [-0.05, 0) is 31.5 Å². The van der Waals surface area contributed by atoms with Crippen LogP contribution in [0.1, 0.15) is 29.5 Å². The minimum Gasteiger partial charge on any atom is -0.478 e. The van der Waals surface area contributed by atoms with E-state index in [1.165, 1.54) is 0 Å². The normalized spacial score (nSPS) is 12.8. The second-order valence-electron chi connectivity index (χ2n) is 4.48. The first-order valence-electron chi connectivity index (χ1n) is 5.85. The lowest BCUT2D eigenvalue weighted by molar-refractivity contribution is 0.0697. The minimum absolute atomic E-state index is 0.239. The molecule has 0 amide bonds. The molecule has 1 atom stereocenters. The Labute approximate surface area is 105 Å². The van der Waals surface area contributed by atoms with Crippen LogP contribution >= 0.6 is 0 Å². The predicted octanol–water partition coefficient (Wildman–Crippen LogP) is 1.58. The molecule has 1 unspecified atom stereocenters. The summed E-state index contributed by atoms with van der Waals surface area (Å²) >= 11 is 0. The first kappa shape index (κ1) is 12.6. The molecule has 2 aromatic rings. The van der Waals surface area contributed by atoms with E-state index in [4.69, 9.17) is 5.11 Å². The molecular weight excluding hydrogens is 232 g/mol. The number of hydrogen-bond donors (Lipinski definition) is 2. The van der Waals surface area contributed by atoms with E-state index >= 15 is 0 Å². The second-order valence-corrected chi connectivity index (χ2v) is 4.48. The van der Waals surface area contributed by atoms with Crippen LogP contribution in [0, 0.1) is 0 Å². The Morgan fingerprint density at radius 1 is 1.50 bits per heavy atom. The highest BCUT2D eigenvalue weighted by Gasteiger charge is 2.11. The van der Waals surface area contributed by atoms with E-state index in [9.17, 15) is 9.90 Å². The van der Waals surface area contributed by atoms with Gasteiger partial charge in [-0.3, -0.25) is 0 Å². The van der Waals surface area contributed by atoms with Gasteiger partial charge in [-0.15, -0.1) is 0 Å². The van der Waals surface area contributed by atoms with Crippen LogP contribution in [0.2, 0.25) is 0 Å². The van der Waals surface area contributed by atoms with Crippen LogP contribution in [0.25, 0.3) is 11.0 Å². The molecule has 5 nitrogen and oxygen atoms in total. The molecule has 96 valence electrons. The maximum absolute atomic E-state index is 10.9. The van der Waals surface area contributed by atoms with E-state index in [1.54, 1.807) is 25.1 Å². The third-order valence-electron chi connectivity index (χ3n) is 3.01. The van der Waals surface area contributed by atoms with Crippen LogP contribution in [-0.2, 0) is 13.5 Å². The van der Waals surface area contributed by atoms with Crippen molar-refractivity contribution in [1.82, 2.24) is 9.55 Å². The van der Waals surface area contributed by atoms with Crippen LogP contribution in [-0.4, -0.2) is 31.8 Å². The van der Waals surface area contributed by atoms with E-state index in [0.29, 0.717) is 18.4 Å². The Morgan fingerprint density at radius 2 is 2.22 bits per heavy atom. The van der Waals surface area contributed by atoms with Gasteiger partial charge < -0.3 is 14.8 Å². The van der Waals surface area contributed by atoms with Gasteiger partial charge in [-0.25, -0.2) is 9.78 Å². The number of hydrogen-bond acceptors (Lipinski definition) is 3. The van der Waals surface area contributed by atoms with Gasteiger partial charge in [0, 0.05) is 13.5 Å². The first-order chi connectivity index (χ1) is 8.49. The molecule has 0 fully saturated rings. The van der Waals surface area contributed by atoms with Gasteiger partial charge in [-0.2, -0.15) is 0 Å². The Balaban J connectivity index is 2.39. The molecule has 0 aliphatic heterocycles. The van der Waals surface area contributed by atoms with Crippen molar-refractivity contribution in [3.05, 3.63) is 29.6 Å². The smallest absolute Gasteiger partial charge is 0.335 e. The van der Waals surface area contributed by atoms with E-state index in [0.717, 1.165) is 11.3 Å². The average Bonchev–Trinajstić information content (AvgIpc) is 2.63. The van der Waals surface area contributed by atoms with Crippen molar-refractivity contribution < 1.29 is 15.0 Å². The average molecular weight is 248 g/mol. The van der Waals surface area contributed by atoms with E-state index in [-0.39, 0.29) is 11.7 Å². The zero-order valence-corrected chi connectivity index (χ0v) is 10.4. The van der Waals surface area contributed by atoms with Gasteiger partial charge in [0.2, 0.25) is 0 Å². The molecular formula is C13H16N2O3. The first-order valence-corrected chi connectivity index (χ1v) is 5.85. The number of aryl methyl sites for hydroxylation is 2. The molecule has 0 spiro atoms. The fourth-order valence-corrected chi connectivity index (χ4v) is 1.94. The quantitative estimate of drug-likeness (QED) is 0.861. The van der Waals surface area contributed by atoms with Crippen molar-refractivity contribution in [3.8, 4) is 0 Å². The number of aliphatic hydroxyl groups is 1. The summed E-state index contributed by atoms with van der Waals surface area (Å²) in [5, 5.41) is 18.2. The molecule has 0 saturated carbocycles. The molecule has 1 aromatic carbocycles. The standard InChI is InChI=1S/C13H16N2O3/c1-8(16)3-6-12-14-10-7-9(13(17)18)4-5-11(10)15(12)2/h4-5,7-8,16H,3,6H2,1-2H3,(H,17,18). The van der Waals surface area contributed by atoms with Gasteiger partial charge in [0.05, 0.1) is 22.7 Å². The van der Waals surface area contributed by atoms with E-state index in [2.05, 4.69) is 4.98 Å². The van der Waals surface area contributed by atoms with Crippen LogP contribution in [0.3, 0.4) is 0 Å². The summed E-state index contributed by atoms with van der Waals surface area (Å²) in [7, 11) is 1.90. The Kier molecular flexibility index (Phi) is 3.34. The SMILES string of the molecule is CC(O)CCc1nc2cc(C(=O)O)ccc2n1C. The Bertz CT molecular complexity index is 587. The summed E-state index contributed by atoms with van der Waals surface area (Å²) in [6.07, 6.45) is 0.952. The van der Waals surface area contributed by atoms with Crippen molar-refractivity contribution in [2.45, 2.75) is 25.9 Å². The topological polar surface area (TPSA) is 75.3 Å². The zero-order chi connectivity index (χ0) is 13.3. The zero-order valence-electron chi connectivity index (χ0n) is 10.4. The summed E-state index contributed by atoms with van der Waals surface area (Å²) in [6.45, 7) is 1.74. The number of carboxylic acids is 1. The maximum atomic E-state index is 10.9. The van der Waals surface area contributed by atoms with Gasteiger partial charge in [-0.1, -0.05) is 0 Å². The number of fused-ring (bicyclic) bond motifs is 1. The van der Waals surface area contributed by atoms with Gasteiger partial charge in [0.1, 0.15) is 5.82 Å². The Hall–Kier alpha value is -1.88. The number of nitrogens with zero attached hydrogens (tertiary/aromatic N) is 2. The largest absolute Gasteiger partial charge is 0.478 e. The van der Waals surface area contributed by atoms with Gasteiger partial charge in [0.15, 0.2) is 0 Å². The fourth-order valence-electron chi connectivity index (χ4n) is 1.94. The predicted molar refractivity (Wildman–Crippen MR) is 67.7 cm³/mol. The summed E-state index contributed by atoms with van der Waals surface area (Å²) < 4.78 is 1.93.